The number of rotatable bonds is 3. The van der Waals surface area contributed by atoms with Crippen LogP contribution in [0.4, 0.5) is 0 Å². The Bertz CT molecular complexity index is 547. The number of aromatic nitrogens is 1. The molecule has 1 N–H and O–H groups in total. The molecule has 0 aliphatic carbocycles. The number of hydrogen-bond donors (Lipinski definition) is 1. The van der Waals surface area contributed by atoms with Gasteiger partial charge in [0.1, 0.15) is 6.04 Å². The quantitative estimate of drug-likeness (QED) is 0.893. The van der Waals surface area contributed by atoms with Crippen molar-refractivity contribution in [3.8, 4) is 0 Å². The summed E-state index contributed by atoms with van der Waals surface area (Å²) in [6.07, 6.45) is 1.90. The van der Waals surface area contributed by atoms with Gasteiger partial charge in [-0.2, -0.15) is 0 Å². The molecule has 1 heterocycles. The molecule has 0 spiro atoms. The number of fused-ring (bicyclic) bond motifs is 1. The van der Waals surface area contributed by atoms with Crippen molar-refractivity contribution < 1.29 is 4.79 Å². The molecule has 2 rings (SSSR count). The van der Waals surface area contributed by atoms with Gasteiger partial charge in [0.05, 0.1) is 10.5 Å². The van der Waals surface area contributed by atoms with Crippen molar-refractivity contribution in [3.63, 3.8) is 0 Å². The number of hydrogen-bond acceptors (Lipinski definition) is 1. The van der Waals surface area contributed by atoms with Crippen molar-refractivity contribution in [2.24, 2.45) is 0 Å². The summed E-state index contributed by atoms with van der Waals surface area (Å²) in [5.74, 6) is 0.00456. The highest BCUT2D eigenvalue weighted by Crippen LogP contribution is 2.27. The molecule has 1 aromatic heterocycles. The van der Waals surface area contributed by atoms with Gasteiger partial charge in [-0.15, -0.1) is 0 Å². The smallest absolute Gasteiger partial charge is 0.242 e. The average molecular weight is 251 g/mol. The lowest BCUT2D eigenvalue weighted by atomic mass is 10.2. The molecule has 1 atom stereocenters. The van der Waals surface area contributed by atoms with Gasteiger partial charge in [-0.1, -0.05) is 23.7 Å². The molecular formula is C13H15ClN2O. The Labute approximate surface area is 105 Å². The molecule has 0 saturated carbocycles. The summed E-state index contributed by atoms with van der Waals surface area (Å²) < 4.78 is 1.91. The maximum absolute atomic E-state index is 11.8. The van der Waals surface area contributed by atoms with Crippen LogP contribution in [0, 0.1) is 0 Å². The molecule has 0 bridgehead atoms. The second-order valence-corrected chi connectivity index (χ2v) is 4.38. The lowest BCUT2D eigenvalue weighted by Gasteiger charge is -2.15. The van der Waals surface area contributed by atoms with Crippen molar-refractivity contribution in [1.29, 1.82) is 0 Å². The molecule has 90 valence electrons. The van der Waals surface area contributed by atoms with Gasteiger partial charge in [0, 0.05) is 18.1 Å². The maximum atomic E-state index is 11.8. The second kappa shape index (κ2) is 4.80. The summed E-state index contributed by atoms with van der Waals surface area (Å²) in [5.41, 5.74) is 0.910. The van der Waals surface area contributed by atoms with Gasteiger partial charge in [0.25, 0.3) is 0 Å². The fraction of sp³-hybridized carbons (Fsp3) is 0.308. The normalized spacial score (nSPS) is 12.6. The first-order chi connectivity index (χ1) is 8.15. The van der Waals surface area contributed by atoms with Crippen LogP contribution in [0.15, 0.2) is 30.5 Å². The Kier molecular flexibility index (Phi) is 3.38. The van der Waals surface area contributed by atoms with Crippen molar-refractivity contribution in [3.05, 3.63) is 35.5 Å². The van der Waals surface area contributed by atoms with E-state index in [9.17, 15) is 4.79 Å². The summed E-state index contributed by atoms with van der Waals surface area (Å²) in [7, 11) is 0. The number of amides is 1. The van der Waals surface area contributed by atoms with E-state index in [4.69, 9.17) is 11.6 Å². The topological polar surface area (TPSA) is 34.0 Å². The van der Waals surface area contributed by atoms with Gasteiger partial charge < -0.3 is 9.88 Å². The van der Waals surface area contributed by atoms with E-state index in [1.165, 1.54) is 0 Å². The largest absolute Gasteiger partial charge is 0.355 e. The van der Waals surface area contributed by atoms with Crippen molar-refractivity contribution in [2.45, 2.75) is 19.9 Å². The minimum absolute atomic E-state index is 0.00456. The number of benzene rings is 1. The third kappa shape index (κ3) is 2.15. The lowest BCUT2D eigenvalue weighted by Crippen LogP contribution is -2.30. The van der Waals surface area contributed by atoms with Crippen molar-refractivity contribution in [1.82, 2.24) is 9.88 Å². The highest BCUT2D eigenvalue weighted by molar-refractivity contribution is 6.35. The SMILES string of the molecule is CCNC(=O)C(C)n1ccc2cccc(Cl)c21. The minimum Gasteiger partial charge on any atom is -0.355 e. The molecule has 4 heteroatoms. The number of nitrogens with one attached hydrogen (secondary N) is 1. The number of para-hydroxylation sites is 1. The van der Waals surface area contributed by atoms with E-state index >= 15 is 0 Å². The van der Waals surface area contributed by atoms with Crippen LogP contribution in [-0.4, -0.2) is 17.0 Å². The zero-order valence-corrected chi connectivity index (χ0v) is 10.7. The summed E-state index contributed by atoms with van der Waals surface area (Å²) in [4.78, 5) is 11.8. The molecule has 1 amide bonds. The predicted octanol–water partition coefficient (Wildman–Crippen LogP) is 2.99. The molecule has 2 aromatic rings. The van der Waals surface area contributed by atoms with E-state index in [0.717, 1.165) is 10.9 Å². The van der Waals surface area contributed by atoms with E-state index in [1.807, 2.05) is 48.9 Å². The maximum Gasteiger partial charge on any atom is 0.242 e. The fourth-order valence-corrected chi connectivity index (χ4v) is 2.22. The molecule has 0 aliphatic rings. The van der Waals surface area contributed by atoms with Crippen LogP contribution in [0.1, 0.15) is 19.9 Å². The summed E-state index contributed by atoms with van der Waals surface area (Å²) in [6.45, 7) is 4.41. The molecule has 0 fully saturated rings. The average Bonchev–Trinajstić information content (AvgIpc) is 2.73. The Morgan fingerprint density at radius 1 is 1.47 bits per heavy atom. The number of nitrogens with zero attached hydrogens (tertiary/aromatic N) is 1. The summed E-state index contributed by atoms with van der Waals surface area (Å²) >= 11 is 6.18. The first-order valence-corrected chi connectivity index (χ1v) is 6.05. The number of carbonyl (C=O) groups excluding carboxylic acids is 1. The van der Waals surface area contributed by atoms with Crippen LogP contribution in [0.3, 0.4) is 0 Å². The minimum atomic E-state index is -0.257. The second-order valence-electron chi connectivity index (χ2n) is 3.97. The number of likely N-dealkylation sites (N-methyl/N-ethyl adjacent to an activating group) is 1. The monoisotopic (exact) mass is 250 g/mol. The Morgan fingerprint density at radius 3 is 2.94 bits per heavy atom. The van der Waals surface area contributed by atoms with Gasteiger partial charge in [-0.3, -0.25) is 4.79 Å². The summed E-state index contributed by atoms with van der Waals surface area (Å²) in [6, 6.07) is 7.45. The van der Waals surface area contributed by atoms with E-state index in [1.54, 1.807) is 0 Å². The first-order valence-electron chi connectivity index (χ1n) is 5.68. The molecule has 17 heavy (non-hydrogen) atoms. The van der Waals surface area contributed by atoms with Crippen LogP contribution in [0.25, 0.3) is 10.9 Å². The molecule has 1 aromatic carbocycles. The number of carbonyl (C=O) groups is 1. The van der Waals surface area contributed by atoms with Gasteiger partial charge in [0.2, 0.25) is 5.91 Å². The van der Waals surface area contributed by atoms with E-state index in [-0.39, 0.29) is 11.9 Å². The third-order valence-corrected chi connectivity index (χ3v) is 3.14. The molecule has 3 nitrogen and oxygen atoms in total. The van der Waals surface area contributed by atoms with Gasteiger partial charge in [0.15, 0.2) is 0 Å². The first kappa shape index (κ1) is 12.0. The third-order valence-electron chi connectivity index (χ3n) is 2.84. The van der Waals surface area contributed by atoms with E-state index in [0.29, 0.717) is 11.6 Å². The molecule has 0 radical (unpaired) electrons. The molecular weight excluding hydrogens is 236 g/mol. The fourth-order valence-electron chi connectivity index (χ4n) is 1.95. The van der Waals surface area contributed by atoms with E-state index < -0.39 is 0 Å². The number of halogens is 1. The van der Waals surface area contributed by atoms with Crippen molar-refractivity contribution >= 4 is 28.4 Å². The molecule has 0 saturated heterocycles. The van der Waals surface area contributed by atoms with Crippen LogP contribution >= 0.6 is 11.6 Å². The Morgan fingerprint density at radius 2 is 2.24 bits per heavy atom. The van der Waals surface area contributed by atoms with E-state index in [2.05, 4.69) is 5.32 Å². The highest BCUT2D eigenvalue weighted by atomic mass is 35.5. The van der Waals surface area contributed by atoms with Gasteiger partial charge >= 0.3 is 0 Å². The van der Waals surface area contributed by atoms with Gasteiger partial charge in [-0.25, -0.2) is 0 Å². The van der Waals surface area contributed by atoms with Crippen molar-refractivity contribution in [2.75, 3.05) is 6.54 Å². The van der Waals surface area contributed by atoms with Crippen LogP contribution in [0.2, 0.25) is 5.02 Å². The van der Waals surface area contributed by atoms with Gasteiger partial charge in [-0.05, 0) is 26.0 Å². The Balaban J connectivity index is 2.45. The predicted molar refractivity (Wildman–Crippen MR) is 70.3 cm³/mol. The van der Waals surface area contributed by atoms with Crippen LogP contribution in [-0.2, 0) is 4.79 Å². The molecule has 1 unspecified atom stereocenters. The van der Waals surface area contributed by atoms with Crippen LogP contribution in [0.5, 0.6) is 0 Å². The molecule has 0 aliphatic heterocycles. The highest BCUT2D eigenvalue weighted by Gasteiger charge is 2.16. The summed E-state index contributed by atoms with van der Waals surface area (Å²) in [5, 5.41) is 4.53. The zero-order chi connectivity index (χ0) is 12.4. The zero-order valence-electron chi connectivity index (χ0n) is 9.90. The standard InChI is InChI=1S/C13H15ClN2O/c1-3-15-13(17)9(2)16-8-7-10-5-4-6-11(14)12(10)16/h4-9H,3H2,1-2H3,(H,15,17). The van der Waals surface area contributed by atoms with Crippen LogP contribution < -0.4 is 5.32 Å². The Hall–Kier alpha value is -1.48. The lowest BCUT2D eigenvalue weighted by molar-refractivity contribution is -0.123.